The van der Waals surface area contributed by atoms with Crippen LogP contribution in [0.15, 0.2) is 53.4 Å². The highest BCUT2D eigenvalue weighted by Crippen LogP contribution is 2.11. The number of carbonyl (C=O) groups excluding carboxylic acids is 1. The molecule has 6 heteroatoms. The Labute approximate surface area is 123 Å². The first-order valence-electron chi connectivity index (χ1n) is 6.29. The Hall–Kier alpha value is -2.34. The molecular weight excluding hydrogens is 288 g/mol. The highest BCUT2D eigenvalue weighted by molar-refractivity contribution is 7.90. The fourth-order valence-electron chi connectivity index (χ4n) is 1.79. The Morgan fingerprint density at radius 1 is 1.14 bits per heavy atom. The van der Waals surface area contributed by atoms with E-state index in [1.807, 2.05) is 12.1 Å². The molecule has 2 rings (SSSR count). The largest absolute Gasteiger partial charge is 0.399 e. The normalized spacial score (nSPS) is 11.1. The molecule has 2 aromatic rings. The molecule has 1 amide bonds. The van der Waals surface area contributed by atoms with E-state index >= 15 is 0 Å². The summed E-state index contributed by atoms with van der Waals surface area (Å²) in [6.07, 6.45) is 1.11. The second kappa shape index (κ2) is 5.97. The van der Waals surface area contributed by atoms with Gasteiger partial charge in [-0.3, -0.25) is 4.79 Å². The fraction of sp³-hybridized carbons (Fsp3) is 0.133. The third kappa shape index (κ3) is 4.06. The van der Waals surface area contributed by atoms with Crippen molar-refractivity contribution in [3.05, 3.63) is 59.7 Å². The van der Waals surface area contributed by atoms with Gasteiger partial charge in [0.15, 0.2) is 9.84 Å². The number of carbonyl (C=O) groups is 1. The minimum atomic E-state index is -3.32. The third-order valence-corrected chi connectivity index (χ3v) is 4.07. The number of anilines is 1. The Morgan fingerprint density at radius 2 is 1.81 bits per heavy atom. The van der Waals surface area contributed by atoms with Crippen LogP contribution in [0.25, 0.3) is 0 Å². The summed E-state index contributed by atoms with van der Waals surface area (Å²) in [6, 6.07) is 13.1. The second-order valence-electron chi connectivity index (χ2n) is 4.72. The van der Waals surface area contributed by atoms with Gasteiger partial charge in [0.2, 0.25) is 0 Å². The van der Waals surface area contributed by atoms with E-state index in [1.54, 1.807) is 24.3 Å². The Bertz CT molecular complexity index is 753. The molecule has 0 aliphatic carbocycles. The summed E-state index contributed by atoms with van der Waals surface area (Å²) in [6.45, 7) is 0.349. The van der Waals surface area contributed by atoms with Crippen LogP contribution in [0.1, 0.15) is 15.9 Å². The van der Waals surface area contributed by atoms with E-state index in [0.717, 1.165) is 11.8 Å². The predicted molar refractivity (Wildman–Crippen MR) is 81.6 cm³/mol. The number of rotatable bonds is 4. The van der Waals surface area contributed by atoms with Crippen LogP contribution in [0, 0.1) is 0 Å². The number of nitrogen functional groups attached to an aromatic ring is 1. The first kappa shape index (κ1) is 15.1. The molecule has 0 unspecified atom stereocenters. The monoisotopic (exact) mass is 304 g/mol. The zero-order valence-corrected chi connectivity index (χ0v) is 12.4. The van der Waals surface area contributed by atoms with E-state index in [4.69, 9.17) is 5.73 Å². The van der Waals surface area contributed by atoms with Gasteiger partial charge in [0.05, 0.1) is 4.90 Å². The number of amides is 1. The molecule has 0 fully saturated rings. The van der Waals surface area contributed by atoms with Crippen molar-refractivity contribution in [2.75, 3.05) is 12.0 Å². The first-order valence-corrected chi connectivity index (χ1v) is 8.18. The molecule has 0 bridgehead atoms. The number of benzene rings is 2. The molecule has 0 atom stereocenters. The van der Waals surface area contributed by atoms with Crippen molar-refractivity contribution in [2.45, 2.75) is 11.4 Å². The summed E-state index contributed by atoms with van der Waals surface area (Å²) in [7, 11) is -3.32. The SMILES string of the molecule is CS(=O)(=O)c1cccc(C(=O)NCc2ccc(N)cc2)c1. The van der Waals surface area contributed by atoms with Crippen LogP contribution in [0.5, 0.6) is 0 Å². The molecule has 0 aliphatic rings. The average molecular weight is 304 g/mol. The molecule has 2 aromatic carbocycles. The standard InChI is InChI=1S/C15H16N2O3S/c1-21(19,20)14-4-2-3-12(9-14)15(18)17-10-11-5-7-13(16)8-6-11/h2-9H,10,16H2,1H3,(H,17,18). The van der Waals surface area contributed by atoms with Crippen LogP contribution in [0.2, 0.25) is 0 Å². The Kier molecular flexibility index (Phi) is 4.28. The number of hydrogen-bond acceptors (Lipinski definition) is 4. The maximum atomic E-state index is 12.0. The van der Waals surface area contributed by atoms with Gasteiger partial charge < -0.3 is 11.1 Å². The molecular formula is C15H16N2O3S. The predicted octanol–water partition coefficient (Wildman–Crippen LogP) is 1.60. The van der Waals surface area contributed by atoms with Crippen LogP contribution in [0.4, 0.5) is 5.69 Å². The zero-order chi connectivity index (χ0) is 15.5. The summed E-state index contributed by atoms with van der Waals surface area (Å²) in [5.41, 5.74) is 7.47. The minimum Gasteiger partial charge on any atom is -0.399 e. The summed E-state index contributed by atoms with van der Waals surface area (Å²) in [5.74, 6) is -0.322. The molecule has 0 saturated heterocycles. The van der Waals surface area contributed by atoms with Gasteiger partial charge in [0.25, 0.3) is 5.91 Å². The second-order valence-corrected chi connectivity index (χ2v) is 6.74. The van der Waals surface area contributed by atoms with E-state index in [9.17, 15) is 13.2 Å². The molecule has 0 saturated carbocycles. The number of hydrogen-bond donors (Lipinski definition) is 2. The highest BCUT2D eigenvalue weighted by Gasteiger charge is 2.11. The van der Waals surface area contributed by atoms with Gasteiger partial charge in [-0.1, -0.05) is 18.2 Å². The summed E-state index contributed by atoms with van der Waals surface area (Å²) in [4.78, 5) is 12.2. The fourth-order valence-corrected chi connectivity index (χ4v) is 2.45. The molecule has 0 heterocycles. The van der Waals surface area contributed by atoms with Crippen LogP contribution in [0.3, 0.4) is 0 Å². The van der Waals surface area contributed by atoms with Gasteiger partial charge in [0.1, 0.15) is 0 Å². The molecule has 0 spiro atoms. The van der Waals surface area contributed by atoms with Gasteiger partial charge in [-0.25, -0.2) is 8.42 Å². The summed E-state index contributed by atoms with van der Waals surface area (Å²) in [5, 5.41) is 2.74. The lowest BCUT2D eigenvalue weighted by atomic mass is 10.2. The Morgan fingerprint density at radius 3 is 2.43 bits per heavy atom. The zero-order valence-electron chi connectivity index (χ0n) is 11.5. The van der Waals surface area contributed by atoms with Crippen LogP contribution in [-0.2, 0) is 16.4 Å². The van der Waals surface area contributed by atoms with Gasteiger partial charge in [-0.05, 0) is 35.9 Å². The molecule has 0 radical (unpaired) electrons. The minimum absolute atomic E-state index is 0.127. The van der Waals surface area contributed by atoms with Crippen molar-refractivity contribution in [1.82, 2.24) is 5.32 Å². The van der Waals surface area contributed by atoms with Gasteiger partial charge in [-0.15, -0.1) is 0 Å². The van der Waals surface area contributed by atoms with Crippen molar-refractivity contribution in [1.29, 1.82) is 0 Å². The lowest BCUT2D eigenvalue weighted by Gasteiger charge is -2.07. The third-order valence-electron chi connectivity index (χ3n) is 2.96. The van der Waals surface area contributed by atoms with E-state index in [1.165, 1.54) is 12.1 Å². The lowest BCUT2D eigenvalue weighted by molar-refractivity contribution is 0.0950. The molecule has 5 nitrogen and oxygen atoms in total. The number of nitrogens with one attached hydrogen (secondary N) is 1. The van der Waals surface area contributed by atoms with E-state index in [-0.39, 0.29) is 10.8 Å². The average Bonchev–Trinajstić information content (AvgIpc) is 2.45. The smallest absolute Gasteiger partial charge is 0.251 e. The molecule has 0 aliphatic heterocycles. The maximum absolute atomic E-state index is 12.0. The van der Waals surface area contributed by atoms with Crippen LogP contribution in [-0.4, -0.2) is 20.6 Å². The van der Waals surface area contributed by atoms with E-state index in [0.29, 0.717) is 17.8 Å². The highest BCUT2D eigenvalue weighted by atomic mass is 32.2. The van der Waals surface area contributed by atoms with Gasteiger partial charge >= 0.3 is 0 Å². The summed E-state index contributed by atoms with van der Waals surface area (Å²) >= 11 is 0. The van der Waals surface area contributed by atoms with E-state index < -0.39 is 9.84 Å². The summed E-state index contributed by atoms with van der Waals surface area (Å²) < 4.78 is 23.0. The van der Waals surface area contributed by atoms with E-state index in [2.05, 4.69) is 5.32 Å². The molecule has 21 heavy (non-hydrogen) atoms. The molecule has 110 valence electrons. The molecule has 3 N–H and O–H groups in total. The van der Waals surface area contributed by atoms with Crippen LogP contribution >= 0.6 is 0 Å². The van der Waals surface area contributed by atoms with Gasteiger partial charge in [-0.2, -0.15) is 0 Å². The Balaban J connectivity index is 2.08. The number of sulfone groups is 1. The topological polar surface area (TPSA) is 89.3 Å². The van der Waals surface area contributed by atoms with Crippen molar-refractivity contribution in [2.24, 2.45) is 0 Å². The molecule has 0 aromatic heterocycles. The van der Waals surface area contributed by atoms with Gasteiger partial charge in [0, 0.05) is 24.1 Å². The maximum Gasteiger partial charge on any atom is 0.251 e. The van der Waals surface area contributed by atoms with Crippen molar-refractivity contribution < 1.29 is 13.2 Å². The quantitative estimate of drug-likeness (QED) is 0.840. The van der Waals surface area contributed by atoms with Crippen LogP contribution < -0.4 is 11.1 Å². The lowest BCUT2D eigenvalue weighted by Crippen LogP contribution is -2.23. The first-order chi connectivity index (χ1) is 9.86. The van der Waals surface area contributed by atoms with Crippen molar-refractivity contribution in [3.63, 3.8) is 0 Å². The van der Waals surface area contributed by atoms with Crippen molar-refractivity contribution >= 4 is 21.4 Å². The van der Waals surface area contributed by atoms with Crippen molar-refractivity contribution in [3.8, 4) is 0 Å². The number of nitrogens with two attached hydrogens (primary N) is 1.